The number of ether oxygens (including phenoxy) is 1. The Kier molecular flexibility index (Phi) is 6.88. The summed E-state index contributed by atoms with van der Waals surface area (Å²) in [5.74, 6) is 0.616. The number of carbonyl (C=O) groups excluding carboxylic acids is 1. The minimum absolute atomic E-state index is 0.0367. The first kappa shape index (κ1) is 21.7. The number of piperazine rings is 1. The fourth-order valence-corrected chi connectivity index (χ4v) is 4.42. The normalized spacial score (nSPS) is 18.1. The van der Waals surface area contributed by atoms with Crippen molar-refractivity contribution < 1.29 is 17.9 Å². The first-order chi connectivity index (χ1) is 12.5. The van der Waals surface area contributed by atoms with Crippen molar-refractivity contribution in [2.24, 2.45) is 0 Å². The van der Waals surface area contributed by atoms with Crippen molar-refractivity contribution in [3.63, 3.8) is 0 Å². The van der Waals surface area contributed by atoms with Gasteiger partial charge in [0, 0.05) is 31.7 Å². The maximum absolute atomic E-state index is 12.8. The van der Waals surface area contributed by atoms with E-state index in [0.29, 0.717) is 38.5 Å². The molecule has 1 aliphatic rings. The van der Waals surface area contributed by atoms with Gasteiger partial charge in [0.25, 0.3) is 0 Å². The zero-order valence-corrected chi connectivity index (χ0v) is 17.7. The molecule has 1 fully saturated rings. The van der Waals surface area contributed by atoms with Crippen molar-refractivity contribution in [3.05, 3.63) is 24.3 Å². The number of rotatable bonds is 6. The van der Waals surface area contributed by atoms with Crippen LogP contribution in [0, 0.1) is 0 Å². The van der Waals surface area contributed by atoms with Gasteiger partial charge in [0.1, 0.15) is 5.75 Å². The van der Waals surface area contributed by atoms with Crippen LogP contribution in [0.4, 0.5) is 0 Å². The van der Waals surface area contributed by atoms with Gasteiger partial charge >= 0.3 is 0 Å². The van der Waals surface area contributed by atoms with E-state index in [-0.39, 0.29) is 22.4 Å². The first-order valence-electron chi connectivity index (χ1n) is 9.33. The maximum Gasteiger partial charge on any atom is 0.243 e. The Morgan fingerprint density at radius 1 is 1.15 bits per heavy atom. The molecule has 8 heteroatoms. The van der Waals surface area contributed by atoms with E-state index in [1.807, 2.05) is 39.5 Å². The van der Waals surface area contributed by atoms with Crippen LogP contribution in [0.3, 0.4) is 0 Å². The third-order valence-electron chi connectivity index (χ3n) is 4.47. The standard InChI is InChI=1S/C19H31N3O4S/c1-6-26-16-7-9-17(10-8-16)27(24,25)22-13-11-21(12-14-22)15(2)18(23)20-19(3,4)5/h7-10,15H,6,11-14H2,1-5H3,(H,20,23)/t15-/m1/s1. The highest BCUT2D eigenvalue weighted by Crippen LogP contribution is 2.21. The fraction of sp³-hybridized carbons (Fsp3) is 0.632. The number of carbonyl (C=O) groups is 1. The number of nitrogens with one attached hydrogen (secondary N) is 1. The van der Waals surface area contributed by atoms with Gasteiger partial charge in [0.15, 0.2) is 0 Å². The highest BCUT2D eigenvalue weighted by Gasteiger charge is 2.32. The summed E-state index contributed by atoms with van der Waals surface area (Å²) in [6.45, 7) is 11.9. The lowest BCUT2D eigenvalue weighted by Gasteiger charge is -2.37. The predicted octanol–water partition coefficient (Wildman–Crippen LogP) is 1.69. The second-order valence-corrected chi connectivity index (χ2v) is 9.70. The summed E-state index contributed by atoms with van der Waals surface area (Å²) in [6, 6.07) is 6.20. The Morgan fingerprint density at radius 2 is 1.70 bits per heavy atom. The minimum Gasteiger partial charge on any atom is -0.494 e. The summed E-state index contributed by atoms with van der Waals surface area (Å²) in [7, 11) is -3.54. The van der Waals surface area contributed by atoms with Crippen molar-refractivity contribution >= 4 is 15.9 Å². The van der Waals surface area contributed by atoms with E-state index in [2.05, 4.69) is 5.32 Å². The van der Waals surface area contributed by atoms with E-state index in [1.54, 1.807) is 24.3 Å². The van der Waals surface area contributed by atoms with Crippen molar-refractivity contribution in [1.29, 1.82) is 0 Å². The van der Waals surface area contributed by atoms with Gasteiger partial charge in [0.2, 0.25) is 15.9 Å². The molecule has 0 aromatic heterocycles. The molecule has 7 nitrogen and oxygen atoms in total. The second-order valence-electron chi connectivity index (χ2n) is 7.76. The van der Waals surface area contributed by atoms with Crippen LogP contribution in [0.1, 0.15) is 34.6 Å². The summed E-state index contributed by atoms with van der Waals surface area (Å²) in [4.78, 5) is 14.6. The molecule has 27 heavy (non-hydrogen) atoms. The molecule has 2 rings (SSSR count). The molecule has 1 aromatic rings. The molecule has 0 unspecified atom stereocenters. The van der Waals surface area contributed by atoms with Crippen LogP contribution in [-0.4, -0.2) is 67.9 Å². The number of benzene rings is 1. The quantitative estimate of drug-likeness (QED) is 0.790. The van der Waals surface area contributed by atoms with Gasteiger partial charge in [-0.3, -0.25) is 9.69 Å². The highest BCUT2D eigenvalue weighted by molar-refractivity contribution is 7.89. The third kappa shape index (κ3) is 5.67. The smallest absolute Gasteiger partial charge is 0.243 e. The molecule has 1 N–H and O–H groups in total. The van der Waals surface area contributed by atoms with E-state index < -0.39 is 10.0 Å². The summed E-state index contributed by atoms with van der Waals surface area (Å²) >= 11 is 0. The van der Waals surface area contributed by atoms with Crippen molar-refractivity contribution in [1.82, 2.24) is 14.5 Å². The zero-order valence-electron chi connectivity index (χ0n) is 16.9. The van der Waals surface area contributed by atoms with Gasteiger partial charge in [-0.25, -0.2) is 8.42 Å². The van der Waals surface area contributed by atoms with Crippen molar-refractivity contribution in [2.45, 2.75) is 51.1 Å². The Hall–Kier alpha value is -1.64. The lowest BCUT2D eigenvalue weighted by Crippen LogP contribution is -2.56. The van der Waals surface area contributed by atoms with E-state index in [9.17, 15) is 13.2 Å². The van der Waals surface area contributed by atoms with E-state index >= 15 is 0 Å². The molecule has 0 spiro atoms. The molecule has 0 radical (unpaired) electrons. The summed E-state index contributed by atoms with van der Waals surface area (Å²) < 4.78 is 32.5. The van der Waals surface area contributed by atoms with Crippen LogP contribution < -0.4 is 10.1 Å². The van der Waals surface area contributed by atoms with Gasteiger partial charge in [-0.15, -0.1) is 0 Å². The summed E-state index contributed by atoms with van der Waals surface area (Å²) in [6.07, 6.45) is 0. The molecule has 0 saturated carbocycles. The van der Waals surface area contributed by atoms with Crippen LogP contribution in [0.25, 0.3) is 0 Å². The van der Waals surface area contributed by atoms with E-state index in [4.69, 9.17) is 4.74 Å². The Bertz CT molecular complexity index is 733. The SMILES string of the molecule is CCOc1ccc(S(=O)(=O)N2CCN([C@H](C)C(=O)NC(C)(C)C)CC2)cc1. The largest absolute Gasteiger partial charge is 0.494 e. The van der Waals surface area contributed by atoms with E-state index in [1.165, 1.54) is 4.31 Å². The second kappa shape index (κ2) is 8.58. The van der Waals surface area contributed by atoms with Crippen LogP contribution in [0.5, 0.6) is 5.75 Å². The molecule has 1 aliphatic heterocycles. The fourth-order valence-electron chi connectivity index (χ4n) is 2.99. The van der Waals surface area contributed by atoms with Gasteiger partial charge in [-0.1, -0.05) is 0 Å². The van der Waals surface area contributed by atoms with Crippen LogP contribution in [-0.2, 0) is 14.8 Å². The van der Waals surface area contributed by atoms with Crippen LogP contribution in [0.15, 0.2) is 29.2 Å². The van der Waals surface area contributed by atoms with Crippen molar-refractivity contribution in [2.75, 3.05) is 32.8 Å². The predicted molar refractivity (Wildman–Crippen MR) is 105 cm³/mol. The monoisotopic (exact) mass is 397 g/mol. The van der Waals surface area contributed by atoms with Crippen LogP contribution in [0.2, 0.25) is 0 Å². The third-order valence-corrected chi connectivity index (χ3v) is 6.38. The average Bonchev–Trinajstić information content (AvgIpc) is 2.60. The zero-order chi connectivity index (χ0) is 20.2. The van der Waals surface area contributed by atoms with Gasteiger partial charge in [-0.2, -0.15) is 4.31 Å². The Morgan fingerprint density at radius 3 is 2.19 bits per heavy atom. The highest BCUT2D eigenvalue weighted by atomic mass is 32.2. The van der Waals surface area contributed by atoms with Gasteiger partial charge in [-0.05, 0) is 58.9 Å². The first-order valence-corrected chi connectivity index (χ1v) is 10.8. The number of hydrogen-bond acceptors (Lipinski definition) is 5. The van der Waals surface area contributed by atoms with E-state index in [0.717, 1.165) is 0 Å². The summed E-state index contributed by atoms with van der Waals surface area (Å²) in [5, 5.41) is 2.97. The average molecular weight is 398 g/mol. The molecular formula is C19H31N3O4S. The topological polar surface area (TPSA) is 79.0 Å². The number of sulfonamides is 1. The summed E-state index contributed by atoms with van der Waals surface area (Å²) in [5.41, 5.74) is -0.288. The molecule has 0 bridgehead atoms. The lowest BCUT2D eigenvalue weighted by atomic mass is 10.1. The molecule has 1 saturated heterocycles. The minimum atomic E-state index is -3.54. The van der Waals surface area contributed by atoms with Crippen molar-refractivity contribution in [3.8, 4) is 5.75 Å². The number of nitrogens with zero attached hydrogens (tertiary/aromatic N) is 2. The molecule has 152 valence electrons. The Balaban J connectivity index is 1.98. The molecular weight excluding hydrogens is 366 g/mol. The van der Waals surface area contributed by atoms with Gasteiger partial charge in [0.05, 0.1) is 17.5 Å². The molecule has 1 aromatic carbocycles. The number of hydrogen-bond donors (Lipinski definition) is 1. The lowest BCUT2D eigenvalue weighted by molar-refractivity contribution is -0.127. The maximum atomic E-state index is 12.8. The molecule has 1 atom stereocenters. The Labute approximate surface area is 162 Å². The van der Waals surface area contributed by atoms with Gasteiger partial charge < -0.3 is 10.1 Å². The molecule has 0 aliphatic carbocycles. The molecule has 1 heterocycles. The van der Waals surface area contributed by atoms with Crippen LogP contribution >= 0.6 is 0 Å². The molecule has 1 amide bonds. The number of amides is 1.